The lowest BCUT2D eigenvalue weighted by atomic mass is 10.1. The molecule has 1 aliphatic rings. The number of carbonyl (C=O) groups is 2. The molecule has 0 spiro atoms. The van der Waals surface area contributed by atoms with Gasteiger partial charge in [-0.2, -0.15) is 13.2 Å². The van der Waals surface area contributed by atoms with Crippen LogP contribution in [0.4, 0.5) is 18.9 Å². The third-order valence-corrected chi connectivity index (χ3v) is 4.06. The van der Waals surface area contributed by atoms with Gasteiger partial charge in [-0.05, 0) is 43.2 Å². The van der Waals surface area contributed by atoms with Gasteiger partial charge >= 0.3 is 6.18 Å². The van der Waals surface area contributed by atoms with Crippen molar-refractivity contribution in [2.24, 2.45) is 5.41 Å². The third-order valence-electron chi connectivity index (χ3n) is 4.06. The summed E-state index contributed by atoms with van der Waals surface area (Å²) in [5.41, 5.74) is -0.967. The van der Waals surface area contributed by atoms with Crippen molar-refractivity contribution in [1.82, 2.24) is 5.32 Å². The van der Waals surface area contributed by atoms with Crippen LogP contribution < -0.4 is 10.2 Å². The standard InChI is InChI=1S/C16H17F3N2O2/c1-3-13(22)21(2)12-6-4-11(5-7-12)14(23)20-10-15(8-9-15)16(17,18)19/h3-7H,1,8-10H2,2H3,(H,20,23). The predicted octanol–water partition coefficient (Wildman–Crippen LogP) is 2.91. The second-order valence-electron chi connectivity index (χ2n) is 5.61. The molecule has 1 aliphatic carbocycles. The van der Waals surface area contributed by atoms with Gasteiger partial charge < -0.3 is 10.2 Å². The van der Waals surface area contributed by atoms with E-state index in [4.69, 9.17) is 0 Å². The van der Waals surface area contributed by atoms with Crippen molar-refractivity contribution in [3.05, 3.63) is 42.5 Å². The lowest BCUT2D eigenvalue weighted by Gasteiger charge is -2.19. The van der Waals surface area contributed by atoms with E-state index in [1.165, 1.54) is 17.0 Å². The van der Waals surface area contributed by atoms with Gasteiger partial charge in [0.25, 0.3) is 5.91 Å². The zero-order chi connectivity index (χ0) is 17.3. The SMILES string of the molecule is C=CC(=O)N(C)c1ccc(C(=O)NCC2(C(F)(F)F)CC2)cc1. The monoisotopic (exact) mass is 326 g/mol. The minimum Gasteiger partial charge on any atom is -0.351 e. The number of hydrogen-bond donors (Lipinski definition) is 1. The van der Waals surface area contributed by atoms with Crippen molar-refractivity contribution < 1.29 is 22.8 Å². The first-order valence-electron chi connectivity index (χ1n) is 7.05. The molecular weight excluding hydrogens is 309 g/mol. The van der Waals surface area contributed by atoms with E-state index in [1.54, 1.807) is 19.2 Å². The molecule has 1 N–H and O–H groups in total. The maximum absolute atomic E-state index is 12.8. The van der Waals surface area contributed by atoms with Crippen molar-refractivity contribution in [3.63, 3.8) is 0 Å². The first-order chi connectivity index (χ1) is 10.7. The molecule has 0 unspecified atom stereocenters. The number of nitrogens with zero attached hydrogens (tertiary/aromatic N) is 1. The van der Waals surface area contributed by atoms with Gasteiger partial charge in [-0.25, -0.2) is 0 Å². The Kier molecular flexibility index (Phi) is 4.49. The van der Waals surface area contributed by atoms with E-state index in [2.05, 4.69) is 11.9 Å². The average molecular weight is 326 g/mol. The number of amides is 2. The van der Waals surface area contributed by atoms with Crippen LogP contribution in [-0.4, -0.2) is 31.6 Å². The van der Waals surface area contributed by atoms with Crippen LogP contribution in [0.3, 0.4) is 0 Å². The summed E-state index contributed by atoms with van der Waals surface area (Å²) in [7, 11) is 1.55. The van der Waals surface area contributed by atoms with Crippen LogP contribution in [0.15, 0.2) is 36.9 Å². The second-order valence-corrected chi connectivity index (χ2v) is 5.61. The molecule has 2 rings (SSSR count). The predicted molar refractivity (Wildman–Crippen MR) is 80.1 cm³/mol. The van der Waals surface area contributed by atoms with Crippen molar-refractivity contribution in [3.8, 4) is 0 Å². The second kappa shape index (κ2) is 6.06. The molecule has 1 fully saturated rings. The number of alkyl halides is 3. The number of likely N-dealkylation sites (N-methyl/N-ethyl adjacent to an activating group) is 1. The normalized spacial score (nSPS) is 15.7. The summed E-state index contributed by atoms with van der Waals surface area (Å²) >= 11 is 0. The van der Waals surface area contributed by atoms with Crippen molar-refractivity contribution in [2.75, 3.05) is 18.5 Å². The molecular formula is C16H17F3N2O2. The van der Waals surface area contributed by atoms with Gasteiger partial charge in [0.15, 0.2) is 0 Å². The van der Waals surface area contributed by atoms with Crippen LogP contribution in [0.1, 0.15) is 23.2 Å². The molecule has 0 atom stereocenters. The van der Waals surface area contributed by atoms with E-state index in [9.17, 15) is 22.8 Å². The summed E-state index contributed by atoms with van der Waals surface area (Å²) in [6, 6.07) is 6.02. The number of nitrogens with one attached hydrogen (secondary N) is 1. The fraction of sp³-hybridized carbons (Fsp3) is 0.375. The largest absolute Gasteiger partial charge is 0.396 e. The van der Waals surface area contributed by atoms with E-state index < -0.39 is 24.0 Å². The summed E-state index contributed by atoms with van der Waals surface area (Å²) in [6.45, 7) is 2.97. The fourth-order valence-corrected chi connectivity index (χ4v) is 2.16. The van der Waals surface area contributed by atoms with Crippen molar-refractivity contribution in [2.45, 2.75) is 19.0 Å². The lowest BCUT2D eigenvalue weighted by Crippen LogP contribution is -2.38. The van der Waals surface area contributed by atoms with E-state index in [1.807, 2.05) is 0 Å². The Morgan fingerprint density at radius 1 is 1.30 bits per heavy atom. The molecule has 0 saturated heterocycles. The maximum Gasteiger partial charge on any atom is 0.396 e. The van der Waals surface area contributed by atoms with Crippen molar-refractivity contribution >= 4 is 17.5 Å². The highest BCUT2D eigenvalue weighted by atomic mass is 19.4. The molecule has 0 heterocycles. The Balaban J connectivity index is 1.98. The molecule has 1 aromatic rings. The Hall–Kier alpha value is -2.31. The highest BCUT2D eigenvalue weighted by Crippen LogP contribution is 2.57. The van der Waals surface area contributed by atoms with Gasteiger partial charge in [-0.3, -0.25) is 9.59 Å². The number of hydrogen-bond acceptors (Lipinski definition) is 2. The molecule has 7 heteroatoms. The zero-order valence-electron chi connectivity index (χ0n) is 12.6. The molecule has 0 bridgehead atoms. The van der Waals surface area contributed by atoms with E-state index in [-0.39, 0.29) is 24.3 Å². The quantitative estimate of drug-likeness (QED) is 0.846. The number of anilines is 1. The van der Waals surface area contributed by atoms with Crippen LogP contribution in [-0.2, 0) is 4.79 Å². The summed E-state index contributed by atoms with van der Waals surface area (Å²) in [5, 5.41) is 2.34. The van der Waals surface area contributed by atoms with Gasteiger partial charge in [0, 0.05) is 24.8 Å². The molecule has 0 aromatic heterocycles. The van der Waals surface area contributed by atoms with Gasteiger partial charge in [0.05, 0.1) is 5.41 Å². The Morgan fingerprint density at radius 3 is 2.30 bits per heavy atom. The van der Waals surface area contributed by atoms with Crippen LogP contribution in [0.5, 0.6) is 0 Å². The average Bonchev–Trinajstić information content (AvgIpc) is 3.32. The number of halogens is 3. The van der Waals surface area contributed by atoms with Gasteiger partial charge in [0.1, 0.15) is 0 Å². The molecule has 1 saturated carbocycles. The maximum atomic E-state index is 12.8. The Labute approximate surface area is 132 Å². The highest BCUT2D eigenvalue weighted by molar-refractivity contribution is 6.01. The minimum absolute atomic E-state index is 0.0458. The molecule has 0 radical (unpaired) electrons. The summed E-state index contributed by atoms with van der Waals surface area (Å²) in [4.78, 5) is 24.8. The molecule has 23 heavy (non-hydrogen) atoms. The van der Waals surface area contributed by atoms with Crippen LogP contribution in [0.2, 0.25) is 0 Å². The zero-order valence-corrected chi connectivity index (χ0v) is 12.6. The first kappa shape index (κ1) is 17.1. The number of carbonyl (C=O) groups excluding carboxylic acids is 2. The Bertz CT molecular complexity index is 619. The molecule has 0 aliphatic heterocycles. The highest BCUT2D eigenvalue weighted by Gasteiger charge is 2.63. The van der Waals surface area contributed by atoms with Crippen LogP contribution in [0, 0.1) is 5.41 Å². The van der Waals surface area contributed by atoms with E-state index in [0.29, 0.717) is 5.69 Å². The molecule has 4 nitrogen and oxygen atoms in total. The lowest BCUT2D eigenvalue weighted by molar-refractivity contribution is -0.184. The first-order valence-corrected chi connectivity index (χ1v) is 7.05. The Morgan fingerprint density at radius 2 is 1.87 bits per heavy atom. The topological polar surface area (TPSA) is 49.4 Å². The summed E-state index contributed by atoms with van der Waals surface area (Å²) in [5.74, 6) is -0.868. The number of benzene rings is 1. The van der Waals surface area contributed by atoms with Crippen LogP contribution >= 0.6 is 0 Å². The van der Waals surface area contributed by atoms with Gasteiger partial charge in [0.2, 0.25) is 5.91 Å². The fourth-order valence-electron chi connectivity index (χ4n) is 2.16. The van der Waals surface area contributed by atoms with Gasteiger partial charge in [-0.1, -0.05) is 6.58 Å². The van der Waals surface area contributed by atoms with Crippen molar-refractivity contribution in [1.29, 1.82) is 0 Å². The van der Waals surface area contributed by atoms with Crippen LogP contribution in [0.25, 0.3) is 0 Å². The molecule has 2 amide bonds. The number of rotatable bonds is 5. The molecule has 124 valence electrons. The minimum atomic E-state index is -4.29. The van der Waals surface area contributed by atoms with Gasteiger partial charge in [-0.15, -0.1) is 0 Å². The summed E-state index contributed by atoms with van der Waals surface area (Å²) < 4.78 is 38.4. The summed E-state index contributed by atoms with van der Waals surface area (Å²) in [6.07, 6.45) is -3.04. The third kappa shape index (κ3) is 3.55. The van der Waals surface area contributed by atoms with E-state index in [0.717, 1.165) is 6.08 Å². The smallest absolute Gasteiger partial charge is 0.351 e. The molecule has 1 aromatic carbocycles. The van der Waals surface area contributed by atoms with E-state index >= 15 is 0 Å².